The fourth-order valence-electron chi connectivity index (χ4n) is 5.62. The number of hydrogen-bond acceptors (Lipinski definition) is 6. The third kappa shape index (κ3) is 4.42. The number of anilines is 1. The molecule has 2 heterocycles. The zero-order valence-electron chi connectivity index (χ0n) is 19.2. The van der Waals surface area contributed by atoms with E-state index in [4.69, 9.17) is 14.5 Å². The predicted octanol–water partition coefficient (Wildman–Crippen LogP) is 4.45. The minimum absolute atomic E-state index is 0.174. The number of ether oxygens (including phenoxy) is 2. The molecule has 2 atom stereocenters. The molecule has 170 valence electrons. The average Bonchev–Trinajstić information content (AvgIpc) is 3.58. The molecule has 0 bridgehead atoms. The van der Waals surface area contributed by atoms with Gasteiger partial charge in [0.2, 0.25) is 0 Å². The number of methoxy groups -OCH3 is 1. The van der Waals surface area contributed by atoms with Crippen LogP contribution in [0, 0.1) is 17.2 Å². The first kappa shape index (κ1) is 21.5. The molecule has 1 aliphatic heterocycles. The Morgan fingerprint density at radius 2 is 2.06 bits per heavy atom. The molecule has 6 nitrogen and oxygen atoms in total. The molecule has 32 heavy (non-hydrogen) atoms. The van der Waals surface area contributed by atoms with E-state index in [1.54, 1.807) is 7.11 Å². The molecule has 0 amide bonds. The number of nitrogens with zero attached hydrogens (tertiary/aromatic N) is 3. The second-order valence-electron chi connectivity index (χ2n) is 9.53. The van der Waals surface area contributed by atoms with Crippen molar-refractivity contribution >= 4 is 16.6 Å². The van der Waals surface area contributed by atoms with Crippen molar-refractivity contribution in [3.8, 4) is 11.8 Å². The Bertz CT molecular complexity index is 1010. The van der Waals surface area contributed by atoms with Gasteiger partial charge in [0.15, 0.2) is 0 Å². The maximum atomic E-state index is 9.31. The smallest absolute Gasteiger partial charge is 0.125 e. The molecule has 2 aliphatic carbocycles. The van der Waals surface area contributed by atoms with Gasteiger partial charge >= 0.3 is 0 Å². The van der Waals surface area contributed by atoms with Crippen molar-refractivity contribution in [3.63, 3.8) is 0 Å². The minimum Gasteiger partial charge on any atom is -0.496 e. The Kier molecular flexibility index (Phi) is 6.47. The zero-order valence-corrected chi connectivity index (χ0v) is 19.2. The fraction of sp³-hybridized carbons (Fsp3) is 0.615. The van der Waals surface area contributed by atoms with Gasteiger partial charge in [0.1, 0.15) is 5.75 Å². The van der Waals surface area contributed by atoms with Crippen LogP contribution < -0.4 is 10.1 Å². The van der Waals surface area contributed by atoms with Crippen molar-refractivity contribution in [2.75, 3.05) is 38.7 Å². The van der Waals surface area contributed by atoms with Crippen molar-refractivity contribution in [2.45, 2.75) is 64.0 Å². The summed E-state index contributed by atoms with van der Waals surface area (Å²) in [7, 11) is 1.73. The maximum absolute atomic E-state index is 9.31. The highest BCUT2D eigenvalue weighted by Crippen LogP contribution is 2.39. The Morgan fingerprint density at radius 3 is 2.84 bits per heavy atom. The minimum atomic E-state index is 0.174. The molecule has 3 aliphatic rings. The van der Waals surface area contributed by atoms with Gasteiger partial charge in [-0.1, -0.05) is 0 Å². The lowest BCUT2D eigenvalue weighted by atomic mass is 10.0. The van der Waals surface area contributed by atoms with E-state index < -0.39 is 0 Å². The van der Waals surface area contributed by atoms with E-state index in [0.29, 0.717) is 12.6 Å². The van der Waals surface area contributed by atoms with Crippen LogP contribution in [0.15, 0.2) is 12.1 Å². The number of rotatable bonds is 8. The summed E-state index contributed by atoms with van der Waals surface area (Å²) in [5, 5.41) is 14.3. The van der Waals surface area contributed by atoms with Crippen molar-refractivity contribution in [1.82, 2.24) is 9.88 Å². The lowest BCUT2D eigenvalue weighted by Gasteiger charge is -2.21. The number of fused-ring (bicyclic) bond motifs is 2. The number of aromatic nitrogens is 1. The molecule has 5 rings (SSSR count). The SMILES string of the molecule is COc1cc2c(N[C@@H]3CC[C@H](C#N)C3)c3c(nc2cc1COCCN1CCCC1)CCC3. The van der Waals surface area contributed by atoms with Gasteiger partial charge in [-0.05, 0) is 82.2 Å². The van der Waals surface area contributed by atoms with Gasteiger partial charge in [0.05, 0.1) is 31.9 Å². The summed E-state index contributed by atoms with van der Waals surface area (Å²) in [4.78, 5) is 7.51. The van der Waals surface area contributed by atoms with Crippen LogP contribution in [0.4, 0.5) is 5.69 Å². The van der Waals surface area contributed by atoms with E-state index in [-0.39, 0.29) is 5.92 Å². The van der Waals surface area contributed by atoms with Crippen molar-refractivity contribution < 1.29 is 9.47 Å². The monoisotopic (exact) mass is 434 g/mol. The Labute approximate surface area is 190 Å². The molecule has 1 N–H and O–H groups in total. The van der Waals surface area contributed by atoms with Gasteiger partial charge in [-0.3, -0.25) is 4.98 Å². The molecule has 2 fully saturated rings. The molecule has 2 aromatic rings. The number of pyridine rings is 1. The Morgan fingerprint density at radius 1 is 1.19 bits per heavy atom. The molecule has 6 heteroatoms. The number of aryl methyl sites for hydroxylation is 1. The van der Waals surface area contributed by atoms with Crippen molar-refractivity contribution in [2.24, 2.45) is 5.92 Å². The standard InChI is InChI=1S/C26H34N4O2/c1-31-25-15-22-24(14-19(25)17-32-12-11-30-9-2-3-10-30)29-23-6-4-5-21(23)26(22)28-20-8-7-18(13-20)16-27/h14-15,18,20H,2-13,17H2,1H3,(H,28,29)/t18-,20+/m0/s1. The van der Waals surface area contributed by atoms with Crippen LogP contribution in [0.5, 0.6) is 5.75 Å². The van der Waals surface area contributed by atoms with Crippen LogP contribution >= 0.6 is 0 Å². The first-order chi connectivity index (χ1) is 15.7. The molecule has 0 spiro atoms. The van der Waals surface area contributed by atoms with Crippen LogP contribution in [0.1, 0.15) is 55.3 Å². The van der Waals surface area contributed by atoms with E-state index in [0.717, 1.165) is 73.9 Å². The third-order valence-electron chi connectivity index (χ3n) is 7.39. The summed E-state index contributed by atoms with van der Waals surface area (Å²) >= 11 is 0. The zero-order chi connectivity index (χ0) is 21.9. The van der Waals surface area contributed by atoms with E-state index in [1.807, 2.05) is 0 Å². The number of nitriles is 1. The highest BCUT2D eigenvalue weighted by molar-refractivity contribution is 5.95. The van der Waals surface area contributed by atoms with Gasteiger partial charge in [0, 0.05) is 40.8 Å². The molecule has 1 aromatic heterocycles. The summed E-state index contributed by atoms with van der Waals surface area (Å²) in [5.74, 6) is 1.04. The van der Waals surface area contributed by atoms with E-state index in [1.165, 1.54) is 42.9 Å². The molecule has 0 radical (unpaired) electrons. The third-order valence-corrected chi connectivity index (χ3v) is 7.39. The van der Waals surface area contributed by atoms with E-state index in [2.05, 4.69) is 28.4 Å². The van der Waals surface area contributed by atoms with Crippen molar-refractivity contribution in [1.29, 1.82) is 5.26 Å². The lowest BCUT2D eigenvalue weighted by molar-refractivity contribution is 0.0979. The number of hydrogen-bond donors (Lipinski definition) is 1. The molecule has 0 unspecified atom stereocenters. The van der Waals surface area contributed by atoms with Gasteiger partial charge < -0.3 is 19.7 Å². The van der Waals surface area contributed by atoms with Crippen LogP contribution in [-0.2, 0) is 24.2 Å². The molecule has 1 saturated heterocycles. The molecule has 1 saturated carbocycles. The summed E-state index contributed by atoms with van der Waals surface area (Å²) in [6.07, 6.45) is 8.85. The Balaban J connectivity index is 1.39. The van der Waals surface area contributed by atoms with E-state index >= 15 is 0 Å². The van der Waals surface area contributed by atoms with Gasteiger partial charge in [-0.25, -0.2) is 0 Å². The summed E-state index contributed by atoms with van der Waals surface area (Å²) in [5.41, 5.74) is 5.87. The summed E-state index contributed by atoms with van der Waals surface area (Å²) in [6, 6.07) is 7.10. The topological polar surface area (TPSA) is 70.4 Å². The second kappa shape index (κ2) is 9.64. The average molecular weight is 435 g/mol. The first-order valence-electron chi connectivity index (χ1n) is 12.2. The highest BCUT2D eigenvalue weighted by Gasteiger charge is 2.27. The molecule has 1 aromatic carbocycles. The Hall–Kier alpha value is -2.36. The van der Waals surface area contributed by atoms with Gasteiger partial charge in [-0.2, -0.15) is 5.26 Å². The first-order valence-corrected chi connectivity index (χ1v) is 12.2. The summed E-state index contributed by atoms with van der Waals surface area (Å²) < 4.78 is 11.8. The maximum Gasteiger partial charge on any atom is 0.125 e. The molecular weight excluding hydrogens is 400 g/mol. The quantitative estimate of drug-likeness (QED) is 0.619. The highest BCUT2D eigenvalue weighted by atomic mass is 16.5. The largest absolute Gasteiger partial charge is 0.496 e. The number of likely N-dealkylation sites (tertiary alicyclic amines) is 1. The van der Waals surface area contributed by atoms with Crippen LogP contribution in [0.3, 0.4) is 0 Å². The van der Waals surface area contributed by atoms with Crippen molar-refractivity contribution in [3.05, 3.63) is 29.0 Å². The lowest BCUT2D eigenvalue weighted by Crippen LogP contribution is -2.23. The van der Waals surface area contributed by atoms with Crippen LogP contribution in [-0.4, -0.2) is 49.3 Å². The van der Waals surface area contributed by atoms with Crippen LogP contribution in [0.25, 0.3) is 10.9 Å². The number of nitrogens with one attached hydrogen (secondary N) is 1. The van der Waals surface area contributed by atoms with Gasteiger partial charge in [0.25, 0.3) is 0 Å². The van der Waals surface area contributed by atoms with E-state index in [9.17, 15) is 5.26 Å². The normalized spacial score (nSPS) is 22.9. The van der Waals surface area contributed by atoms with Crippen LogP contribution in [0.2, 0.25) is 0 Å². The summed E-state index contributed by atoms with van der Waals surface area (Å²) in [6.45, 7) is 4.68. The fourth-order valence-corrected chi connectivity index (χ4v) is 5.62. The predicted molar refractivity (Wildman–Crippen MR) is 126 cm³/mol. The second-order valence-corrected chi connectivity index (χ2v) is 9.53. The number of benzene rings is 1. The molecular formula is C26H34N4O2. The van der Waals surface area contributed by atoms with Gasteiger partial charge in [-0.15, -0.1) is 0 Å².